The van der Waals surface area contributed by atoms with Gasteiger partial charge in [0.05, 0.1) is 0 Å². The fourth-order valence-electron chi connectivity index (χ4n) is 3.57. The zero-order valence-corrected chi connectivity index (χ0v) is 15.1. The number of aromatic nitrogens is 2. The number of para-hydroxylation sites is 1. The van der Waals surface area contributed by atoms with Crippen LogP contribution in [0, 0.1) is 19.8 Å². The topological polar surface area (TPSA) is 38.9 Å². The summed E-state index contributed by atoms with van der Waals surface area (Å²) in [6.07, 6.45) is 2.63. The Labute approximate surface area is 147 Å². The van der Waals surface area contributed by atoms with E-state index in [9.17, 15) is 0 Å². The maximum atomic E-state index is 6.32. The van der Waals surface area contributed by atoms with Gasteiger partial charge in [-0.05, 0) is 49.9 Å². The van der Waals surface area contributed by atoms with Gasteiger partial charge in [0.1, 0.15) is 23.1 Å². The molecule has 0 amide bonds. The molecule has 0 saturated heterocycles. The van der Waals surface area contributed by atoms with Crippen molar-refractivity contribution in [1.82, 2.24) is 9.97 Å². The zero-order chi connectivity index (χ0) is 17.6. The van der Waals surface area contributed by atoms with Gasteiger partial charge in [-0.15, -0.1) is 0 Å². The van der Waals surface area contributed by atoms with Crippen molar-refractivity contribution in [2.24, 2.45) is 5.92 Å². The highest BCUT2D eigenvalue weighted by molar-refractivity contribution is 6.07. The minimum atomic E-state index is 0.573. The van der Waals surface area contributed by atoms with Crippen LogP contribution in [-0.4, -0.2) is 9.97 Å². The highest BCUT2D eigenvalue weighted by Gasteiger charge is 2.17. The Morgan fingerprint density at radius 2 is 1.72 bits per heavy atom. The van der Waals surface area contributed by atoms with Crippen LogP contribution in [0.5, 0.6) is 0 Å². The molecule has 2 aromatic heterocycles. The average Bonchev–Trinajstić information content (AvgIpc) is 2.93. The van der Waals surface area contributed by atoms with Gasteiger partial charge in [-0.1, -0.05) is 43.2 Å². The Hall–Kier alpha value is -2.68. The van der Waals surface area contributed by atoms with Crippen molar-refractivity contribution >= 4 is 22.1 Å². The molecule has 3 heteroatoms. The van der Waals surface area contributed by atoms with E-state index in [-0.39, 0.29) is 0 Å². The number of aryl methyl sites for hydroxylation is 2. The van der Waals surface area contributed by atoms with Gasteiger partial charge in [0, 0.05) is 10.9 Å². The lowest BCUT2D eigenvalue weighted by molar-refractivity contribution is 0.623. The molecule has 2 heterocycles. The van der Waals surface area contributed by atoms with Crippen LogP contribution in [0.15, 0.2) is 47.1 Å². The van der Waals surface area contributed by atoms with E-state index in [1.807, 2.05) is 0 Å². The van der Waals surface area contributed by atoms with Gasteiger partial charge in [-0.25, -0.2) is 9.97 Å². The van der Waals surface area contributed by atoms with E-state index in [2.05, 4.69) is 74.1 Å². The number of rotatable bonds is 3. The van der Waals surface area contributed by atoms with Crippen molar-refractivity contribution in [2.45, 2.75) is 34.1 Å². The van der Waals surface area contributed by atoms with Crippen LogP contribution in [0.3, 0.4) is 0 Å². The third-order valence-electron chi connectivity index (χ3n) is 4.48. The van der Waals surface area contributed by atoms with E-state index in [0.717, 1.165) is 39.7 Å². The van der Waals surface area contributed by atoms with Gasteiger partial charge in [-0.3, -0.25) is 0 Å². The third-order valence-corrected chi connectivity index (χ3v) is 4.48. The largest absolute Gasteiger partial charge is 0.452 e. The molecule has 0 aliphatic rings. The van der Waals surface area contributed by atoms with Gasteiger partial charge in [-0.2, -0.15) is 0 Å². The van der Waals surface area contributed by atoms with Gasteiger partial charge < -0.3 is 4.42 Å². The Bertz CT molecular complexity index is 1060. The van der Waals surface area contributed by atoms with Crippen LogP contribution >= 0.6 is 0 Å². The first-order valence-corrected chi connectivity index (χ1v) is 8.76. The van der Waals surface area contributed by atoms with E-state index < -0.39 is 0 Å². The summed E-state index contributed by atoms with van der Waals surface area (Å²) in [4.78, 5) is 9.06. The number of benzene rings is 2. The highest BCUT2D eigenvalue weighted by Crippen LogP contribution is 2.35. The molecule has 0 aliphatic heterocycles. The fourth-order valence-corrected chi connectivity index (χ4v) is 3.57. The molecule has 0 fully saturated rings. The van der Waals surface area contributed by atoms with Crippen LogP contribution < -0.4 is 0 Å². The summed E-state index contributed by atoms with van der Waals surface area (Å²) in [6.45, 7) is 8.66. The van der Waals surface area contributed by atoms with E-state index in [1.165, 1.54) is 16.7 Å². The van der Waals surface area contributed by atoms with Crippen molar-refractivity contribution in [3.8, 4) is 11.3 Å². The van der Waals surface area contributed by atoms with Crippen molar-refractivity contribution < 1.29 is 4.42 Å². The molecule has 4 aromatic rings. The summed E-state index contributed by atoms with van der Waals surface area (Å²) in [5, 5.41) is 1.07. The Morgan fingerprint density at radius 1 is 0.960 bits per heavy atom. The molecule has 0 radical (unpaired) electrons. The Balaban J connectivity index is 2.01. The lowest BCUT2D eigenvalue weighted by Crippen LogP contribution is -1.93. The molecule has 0 saturated carbocycles. The number of nitrogens with zero attached hydrogens (tertiary/aromatic N) is 2. The molecule has 0 atom stereocenters. The second kappa shape index (κ2) is 5.99. The molecule has 0 bridgehead atoms. The molecular weight excluding hydrogens is 308 g/mol. The van der Waals surface area contributed by atoms with Crippen LogP contribution in [0.25, 0.3) is 33.3 Å². The van der Waals surface area contributed by atoms with Crippen molar-refractivity contribution in [2.75, 3.05) is 0 Å². The van der Waals surface area contributed by atoms with Crippen LogP contribution in [0.1, 0.15) is 30.5 Å². The number of hydrogen-bond donors (Lipinski definition) is 0. The van der Waals surface area contributed by atoms with Crippen LogP contribution in [0.2, 0.25) is 0 Å². The van der Waals surface area contributed by atoms with Crippen molar-refractivity contribution in [3.63, 3.8) is 0 Å². The van der Waals surface area contributed by atoms with Crippen LogP contribution in [-0.2, 0) is 6.42 Å². The van der Waals surface area contributed by atoms with Gasteiger partial charge in [0.25, 0.3) is 0 Å². The first-order valence-electron chi connectivity index (χ1n) is 8.76. The molecule has 0 spiro atoms. The molecular formula is C22H22N2O. The van der Waals surface area contributed by atoms with E-state index >= 15 is 0 Å². The molecule has 0 unspecified atom stereocenters. The minimum Gasteiger partial charge on any atom is -0.452 e. The number of furan rings is 1. The third kappa shape index (κ3) is 2.80. The normalized spacial score (nSPS) is 11.7. The van der Waals surface area contributed by atoms with Crippen molar-refractivity contribution in [1.29, 1.82) is 0 Å². The predicted octanol–water partition coefficient (Wildman–Crippen LogP) is 5.86. The Morgan fingerprint density at radius 3 is 2.44 bits per heavy atom. The average molecular weight is 330 g/mol. The first-order chi connectivity index (χ1) is 12.0. The monoisotopic (exact) mass is 330 g/mol. The second-order valence-corrected chi connectivity index (χ2v) is 7.27. The molecule has 0 N–H and O–H groups in total. The van der Waals surface area contributed by atoms with Gasteiger partial charge >= 0.3 is 0 Å². The lowest BCUT2D eigenvalue weighted by atomic mass is 10.0. The maximum Gasteiger partial charge on any atom is 0.180 e. The first kappa shape index (κ1) is 15.8. The van der Waals surface area contributed by atoms with Gasteiger partial charge in [0.2, 0.25) is 0 Å². The number of hydrogen-bond acceptors (Lipinski definition) is 3. The molecule has 2 aromatic carbocycles. The molecule has 126 valence electrons. The minimum absolute atomic E-state index is 0.573. The molecule has 3 nitrogen and oxygen atoms in total. The van der Waals surface area contributed by atoms with E-state index in [4.69, 9.17) is 4.42 Å². The summed E-state index contributed by atoms with van der Waals surface area (Å²) in [5.74, 6) is 0.573. The molecule has 4 rings (SSSR count). The van der Waals surface area contributed by atoms with Gasteiger partial charge in [0.15, 0.2) is 5.58 Å². The van der Waals surface area contributed by atoms with Crippen molar-refractivity contribution in [3.05, 3.63) is 59.4 Å². The quantitative estimate of drug-likeness (QED) is 0.472. The van der Waals surface area contributed by atoms with E-state index in [0.29, 0.717) is 5.92 Å². The highest BCUT2D eigenvalue weighted by atomic mass is 16.3. The summed E-state index contributed by atoms with van der Waals surface area (Å²) >= 11 is 0. The Kier molecular flexibility index (Phi) is 3.79. The maximum absolute atomic E-state index is 6.32. The summed E-state index contributed by atoms with van der Waals surface area (Å²) in [5.41, 5.74) is 8.23. The number of fused-ring (bicyclic) bond motifs is 3. The standard InChI is InChI=1S/C22H22N2O/c1-13(2)8-16-6-5-7-18-20-22(25-21(16)18)19(23-12-24-20)17-10-14(3)9-15(4)11-17/h5-7,9-13H,8H2,1-4H3. The smallest absolute Gasteiger partial charge is 0.180 e. The predicted molar refractivity (Wildman–Crippen MR) is 103 cm³/mol. The zero-order valence-electron chi connectivity index (χ0n) is 15.1. The molecule has 25 heavy (non-hydrogen) atoms. The molecule has 0 aliphatic carbocycles. The van der Waals surface area contributed by atoms with Crippen LogP contribution in [0.4, 0.5) is 0 Å². The second-order valence-electron chi connectivity index (χ2n) is 7.27. The van der Waals surface area contributed by atoms with E-state index in [1.54, 1.807) is 6.33 Å². The fraction of sp³-hybridized carbons (Fsp3) is 0.273. The summed E-state index contributed by atoms with van der Waals surface area (Å²) < 4.78 is 6.32. The SMILES string of the molecule is Cc1cc(C)cc(-c2ncnc3c2oc2c(CC(C)C)cccc23)c1. The lowest BCUT2D eigenvalue weighted by Gasteiger charge is -2.05. The summed E-state index contributed by atoms with van der Waals surface area (Å²) in [7, 11) is 0. The summed E-state index contributed by atoms with van der Waals surface area (Å²) in [6, 6.07) is 12.8.